The quantitative estimate of drug-likeness (QED) is 0.846. The molecule has 1 aliphatic rings. The third-order valence-electron chi connectivity index (χ3n) is 2.89. The Bertz CT molecular complexity index is 529. The lowest BCUT2D eigenvalue weighted by molar-refractivity contribution is 0.157. The predicted molar refractivity (Wildman–Crippen MR) is 63.4 cm³/mol. The maximum atomic E-state index is 13.2. The van der Waals surface area contributed by atoms with Crippen LogP contribution < -0.4 is 10.5 Å². The number of halogens is 1. The van der Waals surface area contributed by atoms with Crippen molar-refractivity contribution in [1.29, 1.82) is 0 Å². The highest BCUT2D eigenvalue weighted by Crippen LogP contribution is 2.39. The molecule has 88 valence electrons. The van der Waals surface area contributed by atoms with E-state index >= 15 is 0 Å². The monoisotopic (exact) mass is 250 g/mol. The highest BCUT2D eigenvalue weighted by Gasteiger charge is 2.28. The fourth-order valence-corrected chi connectivity index (χ4v) is 2.63. The van der Waals surface area contributed by atoms with Crippen LogP contribution >= 0.6 is 11.3 Å². The molecule has 1 aromatic carbocycles. The van der Waals surface area contributed by atoms with Crippen LogP contribution in [0, 0.1) is 5.82 Å². The van der Waals surface area contributed by atoms with Gasteiger partial charge in [-0.15, -0.1) is 11.3 Å². The number of hydrogen-bond donors (Lipinski definition) is 1. The second-order valence-electron chi connectivity index (χ2n) is 4.04. The molecule has 5 heteroatoms. The highest BCUT2D eigenvalue weighted by atomic mass is 32.1. The van der Waals surface area contributed by atoms with E-state index in [1.165, 1.54) is 23.5 Å². The number of thiazole rings is 1. The third-order valence-corrected chi connectivity index (χ3v) is 3.50. The van der Waals surface area contributed by atoms with Crippen molar-refractivity contribution in [2.24, 2.45) is 5.73 Å². The van der Waals surface area contributed by atoms with Gasteiger partial charge in [-0.2, -0.15) is 0 Å². The average molecular weight is 250 g/mol. The maximum absolute atomic E-state index is 13.2. The van der Waals surface area contributed by atoms with E-state index in [0.717, 1.165) is 11.3 Å². The zero-order chi connectivity index (χ0) is 11.8. The van der Waals surface area contributed by atoms with Crippen LogP contribution in [0.15, 0.2) is 29.1 Å². The average Bonchev–Trinajstić information content (AvgIpc) is 2.81. The molecular weight excluding hydrogens is 239 g/mol. The van der Waals surface area contributed by atoms with Gasteiger partial charge in [0.25, 0.3) is 0 Å². The number of rotatable bonds is 1. The number of hydrogen-bond acceptors (Lipinski definition) is 4. The van der Waals surface area contributed by atoms with Gasteiger partial charge in [0.1, 0.15) is 17.7 Å². The van der Waals surface area contributed by atoms with Gasteiger partial charge in [-0.3, -0.25) is 0 Å². The van der Waals surface area contributed by atoms with Crippen LogP contribution in [0.25, 0.3) is 0 Å². The van der Waals surface area contributed by atoms with Gasteiger partial charge in [0.05, 0.1) is 11.2 Å². The molecule has 3 rings (SSSR count). The molecule has 0 aliphatic carbocycles. The van der Waals surface area contributed by atoms with E-state index in [9.17, 15) is 4.39 Å². The van der Waals surface area contributed by atoms with Gasteiger partial charge in [0.2, 0.25) is 0 Å². The van der Waals surface area contributed by atoms with Crippen LogP contribution in [-0.2, 0) is 0 Å². The van der Waals surface area contributed by atoms with E-state index < -0.39 is 0 Å². The van der Waals surface area contributed by atoms with Crippen molar-refractivity contribution in [3.63, 3.8) is 0 Å². The first-order valence-electron chi connectivity index (χ1n) is 5.34. The smallest absolute Gasteiger partial charge is 0.143 e. The molecule has 0 saturated carbocycles. The summed E-state index contributed by atoms with van der Waals surface area (Å²) in [5.41, 5.74) is 9.54. The Kier molecular flexibility index (Phi) is 2.57. The summed E-state index contributed by atoms with van der Waals surface area (Å²) in [6.07, 6.45) is 0.494. The van der Waals surface area contributed by atoms with Gasteiger partial charge in [-0.25, -0.2) is 9.37 Å². The molecule has 17 heavy (non-hydrogen) atoms. The molecule has 1 unspecified atom stereocenters. The molecule has 0 radical (unpaired) electrons. The number of nitrogens with two attached hydrogens (primary N) is 1. The van der Waals surface area contributed by atoms with Gasteiger partial charge in [-0.05, 0) is 6.07 Å². The molecule has 1 aromatic heterocycles. The van der Waals surface area contributed by atoms with Crippen molar-refractivity contribution < 1.29 is 9.13 Å². The first kappa shape index (κ1) is 10.7. The van der Waals surface area contributed by atoms with Crippen LogP contribution in [0.1, 0.15) is 29.8 Å². The molecule has 2 atom stereocenters. The first-order valence-corrected chi connectivity index (χ1v) is 6.28. The van der Waals surface area contributed by atoms with Gasteiger partial charge in [0.15, 0.2) is 0 Å². The zero-order valence-electron chi connectivity index (χ0n) is 8.97. The summed E-state index contributed by atoms with van der Waals surface area (Å²) in [4.78, 5) is 4.21. The van der Waals surface area contributed by atoms with E-state index in [0.29, 0.717) is 12.2 Å². The minimum Gasteiger partial charge on any atom is -0.484 e. The third kappa shape index (κ3) is 1.92. The standard InChI is InChI=1S/C12H11FN2OS/c13-7-1-2-8-9(14)4-12(16-11(8)3-7)10-5-17-6-15-10/h1-3,5-6,9,12H,4,14H2/t9-,12?/m1/s1. The number of ether oxygens (including phenoxy) is 1. The van der Waals surface area contributed by atoms with Crippen LogP contribution in [-0.4, -0.2) is 4.98 Å². The van der Waals surface area contributed by atoms with Gasteiger partial charge >= 0.3 is 0 Å². The summed E-state index contributed by atoms with van der Waals surface area (Å²) in [6, 6.07) is 4.34. The first-order chi connectivity index (χ1) is 8.24. The van der Waals surface area contributed by atoms with E-state index in [2.05, 4.69) is 4.98 Å². The number of fused-ring (bicyclic) bond motifs is 1. The van der Waals surface area contributed by atoms with E-state index in [-0.39, 0.29) is 18.0 Å². The molecule has 0 saturated heterocycles. The largest absolute Gasteiger partial charge is 0.484 e. The van der Waals surface area contributed by atoms with E-state index in [1.807, 2.05) is 5.38 Å². The number of nitrogens with zero attached hydrogens (tertiary/aromatic N) is 1. The lowest BCUT2D eigenvalue weighted by Crippen LogP contribution is -2.24. The molecule has 0 spiro atoms. The topological polar surface area (TPSA) is 48.1 Å². The van der Waals surface area contributed by atoms with Crippen molar-refractivity contribution >= 4 is 11.3 Å². The Hall–Kier alpha value is -1.46. The van der Waals surface area contributed by atoms with Crippen molar-refractivity contribution in [2.75, 3.05) is 0 Å². The predicted octanol–water partition coefficient (Wildman–Crippen LogP) is 2.81. The normalized spacial score (nSPS) is 22.9. The number of aromatic nitrogens is 1. The molecule has 0 fully saturated rings. The van der Waals surface area contributed by atoms with Gasteiger partial charge < -0.3 is 10.5 Å². The van der Waals surface area contributed by atoms with Crippen LogP contribution in [0.4, 0.5) is 4.39 Å². The summed E-state index contributed by atoms with van der Waals surface area (Å²) in [6.45, 7) is 0. The lowest BCUT2D eigenvalue weighted by Gasteiger charge is -2.29. The molecule has 2 heterocycles. The van der Waals surface area contributed by atoms with Crippen molar-refractivity contribution in [2.45, 2.75) is 18.6 Å². The van der Waals surface area contributed by atoms with E-state index in [1.54, 1.807) is 11.6 Å². The summed E-state index contributed by atoms with van der Waals surface area (Å²) < 4.78 is 18.9. The maximum Gasteiger partial charge on any atom is 0.143 e. The fraction of sp³-hybridized carbons (Fsp3) is 0.250. The SMILES string of the molecule is N[C@@H]1CC(c2cscn2)Oc2cc(F)ccc21. The molecule has 3 nitrogen and oxygen atoms in total. The summed E-state index contributed by atoms with van der Waals surface area (Å²) in [7, 11) is 0. The molecular formula is C12H11FN2OS. The minimum absolute atomic E-state index is 0.133. The van der Waals surface area contributed by atoms with Gasteiger partial charge in [0, 0.05) is 29.5 Å². The molecule has 0 amide bonds. The minimum atomic E-state index is -0.310. The van der Waals surface area contributed by atoms with Gasteiger partial charge in [-0.1, -0.05) is 6.07 Å². The van der Waals surface area contributed by atoms with Crippen molar-refractivity contribution in [3.8, 4) is 5.75 Å². The highest BCUT2D eigenvalue weighted by molar-refractivity contribution is 7.07. The molecule has 2 aromatic rings. The van der Waals surface area contributed by atoms with Crippen molar-refractivity contribution in [3.05, 3.63) is 46.2 Å². The molecule has 0 bridgehead atoms. The van der Waals surface area contributed by atoms with Crippen molar-refractivity contribution in [1.82, 2.24) is 4.98 Å². The molecule has 1 aliphatic heterocycles. The summed E-state index contributed by atoms with van der Waals surface area (Å²) in [5.74, 6) is 0.219. The Morgan fingerprint density at radius 3 is 3.12 bits per heavy atom. The van der Waals surface area contributed by atoms with Crippen LogP contribution in [0.5, 0.6) is 5.75 Å². The van der Waals surface area contributed by atoms with Crippen LogP contribution in [0.2, 0.25) is 0 Å². The Labute approximate surface area is 102 Å². The lowest BCUT2D eigenvalue weighted by atomic mass is 9.96. The van der Waals surface area contributed by atoms with E-state index in [4.69, 9.17) is 10.5 Å². The second kappa shape index (κ2) is 4.09. The molecule has 2 N–H and O–H groups in total. The summed E-state index contributed by atoms with van der Waals surface area (Å²) >= 11 is 1.51. The number of benzene rings is 1. The zero-order valence-corrected chi connectivity index (χ0v) is 9.78. The Morgan fingerprint density at radius 1 is 1.47 bits per heavy atom. The fourth-order valence-electron chi connectivity index (χ4n) is 2.04. The summed E-state index contributed by atoms with van der Waals surface area (Å²) in [5, 5.41) is 1.93. The second-order valence-corrected chi connectivity index (χ2v) is 4.76. The van der Waals surface area contributed by atoms with Crippen LogP contribution in [0.3, 0.4) is 0 Å². The Morgan fingerprint density at radius 2 is 2.35 bits per heavy atom. The Balaban J connectivity index is 1.97.